The second-order valence-electron chi connectivity index (χ2n) is 3.22. The van der Waals surface area contributed by atoms with E-state index in [1.807, 2.05) is 0 Å². The van der Waals surface area contributed by atoms with Gasteiger partial charge in [0.15, 0.2) is 0 Å². The van der Waals surface area contributed by atoms with E-state index < -0.39 is 0 Å². The minimum absolute atomic E-state index is 0. The summed E-state index contributed by atoms with van der Waals surface area (Å²) in [7, 11) is 0. The van der Waals surface area contributed by atoms with E-state index in [2.05, 4.69) is 51.2 Å². The number of rotatable bonds is 0. The van der Waals surface area contributed by atoms with Gasteiger partial charge in [0, 0.05) is 0 Å². The monoisotopic (exact) mass is 280 g/mol. The van der Waals surface area contributed by atoms with E-state index in [-0.39, 0.29) is 41.3 Å². The summed E-state index contributed by atoms with van der Waals surface area (Å²) in [6, 6.07) is 0. The molecule has 0 aromatic heterocycles. The normalized spacial score (nSPS) is 25.4. The van der Waals surface area contributed by atoms with Crippen molar-refractivity contribution in [3.8, 4) is 0 Å². The zero-order valence-corrected chi connectivity index (χ0v) is 12.1. The Hall–Kier alpha value is 0.934. The summed E-state index contributed by atoms with van der Waals surface area (Å²) in [5, 5.41) is 0. The molecule has 0 spiro atoms. The molecule has 1 unspecified atom stereocenters. The van der Waals surface area contributed by atoms with Crippen LogP contribution in [0.15, 0.2) is 22.8 Å². The maximum Gasteiger partial charge on any atom is -0.147 e. The van der Waals surface area contributed by atoms with Crippen molar-refractivity contribution in [3.63, 3.8) is 0 Å². The number of hydrogen-bond donors (Lipinski definition) is 0. The minimum atomic E-state index is 0. The zero-order chi connectivity index (χ0) is 7.94. The van der Waals surface area contributed by atoms with Crippen LogP contribution in [0.4, 0.5) is 0 Å². The molecule has 0 aliphatic heterocycles. The third kappa shape index (κ3) is 3.89. The van der Waals surface area contributed by atoms with Gasteiger partial charge in [0.05, 0.1) is 0 Å². The van der Waals surface area contributed by atoms with Crippen LogP contribution in [0.1, 0.15) is 27.7 Å². The largest absolute Gasteiger partial charge is 0.147 e. The standard InChI is InChI=1S/C9H13.3ClH.V/c1-6-5-7(2)9(4)8(6)3;;;;/h5H,1-4H3;3*1H;. The smallest absolute Gasteiger partial charge is 0.147 e. The van der Waals surface area contributed by atoms with E-state index in [0.29, 0.717) is 0 Å². The maximum atomic E-state index is 2.73. The maximum absolute atomic E-state index is 2.73. The third-order valence-electron chi connectivity index (χ3n) is 2.41. The van der Waals surface area contributed by atoms with Crippen molar-refractivity contribution in [3.05, 3.63) is 22.8 Å². The topological polar surface area (TPSA) is 0 Å². The molecule has 1 aliphatic carbocycles. The van der Waals surface area contributed by atoms with Crippen molar-refractivity contribution >= 4 is 37.2 Å². The zero-order valence-electron chi connectivity index (χ0n) is 8.25. The van der Waals surface area contributed by atoms with Crippen molar-refractivity contribution in [1.29, 1.82) is 0 Å². The summed E-state index contributed by atoms with van der Waals surface area (Å²) >= 11 is 2.73. The molecule has 0 nitrogen and oxygen atoms in total. The number of halogens is 3. The summed E-state index contributed by atoms with van der Waals surface area (Å²) < 4.78 is 0.251. The second kappa shape index (κ2) is 6.42. The summed E-state index contributed by atoms with van der Waals surface area (Å²) in [5.74, 6) is 0. The molecule has 1 rings (SSSR count). The molecule has 0 N–H and O–H groups in total. The first-order valence-electron chi connectivity index (χ1n) is 3.55. The Kier molecular flexibility index (Phi) is 9.64. The van der Waals surface area contributed by atoms with Gasteiger partial charge >= 0.3 is 72.0 Å². The molecule has 0 fully saturated rings. The van der Waals surface area contributed by atoms with E-state index in [1.54, 1.807) is 0 Å². The molecule has 0 aromatic carbocycles. The van der Waals surface area contributed by atoms with E-state index in [9.17, 15) is 0 Å². The molecule has 4 heteroatoms. The van der Waals surface area contributed by atoms with Gasteiger partial charge in [-0.3, -0.25) is 0 Å². The first-order valence-corrected chi connectivity index (χ1v) is 4.25. The predicted molar refractivity (Wildman–Crippen MR) is 62.2 cm³/mol. The van der Waals surface area contributed by atoms with Gasteiger partial charge in [0.25, 0.3) is 0 Å². The Morgan fingerprint density at radius 2 is 1.46 bits per heavy atom. The van der Waals surface area contributed by atoms with Gasteiger partial charge in [-0.25, -0.2) is 0 Å². The van der Waals surface area contributed by atoms with E-state index in [4.69, 9.17) is 0 Å². The Bertz CT molecular complexity index is 229. The molecule has 78 valence electrons. The molecule has 0 aromatic rings. The van der Waals surface area contributed by atoms with Gasteiger partial charge in [-0.05, 0) is 0 Å². The molecule has 1 aliphatic rings. The van der Waals surface area contributed by atoms with Crippen molar-refractivity contribution in [2.24, 2.45) is 0 Å². The molecule has 0 saturated carbocycles. The third-order valence-corrected chi connectivity index (χ3v) is 3.14. The number of hydrogen-bond acceptors (Lipinski definition) is 0. The average molecular weight is 282 g/mol. The van der Waals surface area contributed by atoms with Crippen LogP contribution < -0.4 is 0 Å². The molecular formula is C9H16Cl3V. The van der Waals surface area contributed by atoms with Gasteiger partial charge in [0.1, 0.15) is 0 Å². The second-order valence-corrected chi connectivity index (χ2v) is 4.68. The van der Waals surface area contributed by atoms with Gasteiger partial charge < -0.3 is 0 Å². The number of allylic oxidation sites excluding steroid dienone is 4. The van der Waals surface area contributed by atoms with E-state index >= 15 is 0 Å². The Morgan fingerprint density at radius 1 is 1.08 bits per heavy atom. The Labute approximate surface area is 109 Å². The quantitative estimate of drug-likeness (QED) is 0.622. The van der Waals surface area contributed by atoms with Crippen LogP contribution in [0.25, 0.3) is 0 Å². The van der Waals surface area contributed by atoms with Crippen molar-refractivity contribution in [1.82, 2.24) is 0 Å². The van der Waals surface area contributed by atoms with Gasteiger partial charge in [-0.15, -0.1) is 37.2 Å². The first-order chi connectivity index (χ1) is 4.45. The van der Waals surface area contributed by atoms with Crippen molar-refractivity contribution < 1.29 is 17.4 Å². The summed E-state index contributed by atoms with van der Waals surface area (Å²) in [4.78, 5) is 0. The molecule has 1 atom stereocenters. The van der Waals surface area contributed by atoms with E-state index in [0.717, 1.165) is 0 Å². The van der Waals surface area contributed by atoms with Crippen LogP contribution in [0.2, 0.25) is 4.13 Å². The molecule has 0 radical (unpaired) electrons. The average Bonchev–Trinajstić information content (AvgIpc) is 1.95. The van der Waals surface area contributed by atoms with Crippen LogP contribution in [0.3, 0.4) is 0 Å². The van der Waals surface area contributed by atoms with E-state index in [1.165, 1.54) is 16.7 Å². The Morgan fingerprint density at radius 3 is 1.54 bits per heavy atom. The first kappa shape index (κ1) is 19.5. The SMILES string of the molecule is CC1=C[C](C)([V])C(C)=C1C.Cl.Cl.Cl. The fourth-order valence-electron chi connectivity index (χ4n) is 1.31. The molecule has 0 bridgehead atoms. The molecule has 0 amide bonds. The van der Waals surface area contributed by atoms with Crippen LogP contribution in [0.5, 0.6) is 0 Å². The fourth-order valence-corrected chi connectivity index (χ4v) is 1.88. The predicted octanol–water partition coefficient (Wildman–Crippen LogP) is 4.27. The van der Waals surface area contributed by atoms with Crippen LogP contribution in [-0.4, -0.2) is 0 Å². The Balaban J connectivity index is -0.000000333. The minimum Gasteiger partial charge on any atom is -0.147 e. The van der Waals surface area contributed by atoms with Gasteiger partial charge in [-0.2, -0.15) is 0 Å². The van der Waals surface area contributed by atoms with Crippen LogP contribution >= 0.6 is 37.2 Å². The summed E-state index contributed by atoms with van der Waals surface area (Å²) in [6.45, 7) is 8.82. The molecule has 0 heterocycles. The van der Waals surface area contributed by atoms with Crippen molar-refractivity contribution in [2.75, 3.05) is 0 Å². The van der Waals surface area contributed by atoms with Gasteiger partial charge in [-0.1, -0.05) is 0 Å². The summed E-state index contributed by atoms with van der Waals surface area (Å²) in [6.07, 6.45) is 2.32. The molecule has 0 saturated heterocycles. The fraction of sp³-hybridized carbons (Fsp3) is 0.556. The molecule has 13 heavy (non-hydrogen) atoms. The van der Waals surface area contributed by atoms with Crippen LogP contribution in [-0.2, 0) is 17.4 Å². The summed E-state index contributed by atoms with van der Waals surface area (Å²) in [5.41, 5.74) is 4.38. The van der Waals surface area contributed by atoms with Crippen molar-refractivity contribution in [2.45, 2.75) is 31.8 Å². The van der Waals surface area contributed by atoms with Crippen LogP contribution in [0, 0.1) is 0 Å². The molecular weight excluding hydrogens is 265 g/mol. The van der Waals surface area contributed by atoms with Gasteiger partial charge in [0.2, 0.25) is 0 Å².